The van der Waals surface area contributed by atoms with Gasteiger partial charge in [-0.15, -0.1) is 11.3 Å². The van der Waals surface area contributed by atoms with Crippen molar-refractivity contribution in [2.24, 2.45) is 4.99 Å². The number of hydrogen-bond donors (Lipinski definition) is 1. The molecular weight excluding hydrogens is 449 g/mol. The second-order valence-electron chi connectivity index (χ2n) is 6.90. The Balaban J connectivity index is 1.61. The van der Waals surface area contributed by atoms with Crippen molar-refractivity contribution < 1.29 is 17.9 Å². The lowest BCUT2D eigenvalue weighted by Crippen LogP contribution is -2.22. The van der Waals surface area contributed by atoms with Gasteiger partial charge >= 0.3 is 0 Å². The SMILES string of the molecule is Cc1ccc(-c2csc(N=C([O-])c3ccccc3NS(=O)(=O)c3ccc(F)cc3)n2)cc1. The molecule has 0 fully saturated rings. The molecule has 0 atom stereocenters. The molecule has 4 aromatic rings. The number of aliphatic imine (C=N–C) groups is 1. The topological polar surface area (TPSA) is 94.5 Å². The Labute approximate surface area is 188 Å². The number of para-hydroxylation sites is 1. The molecule has 1 heterocycles. The van der Waals surface area contributed by atoms with Crippen molar-refractivity contribution in [2.45, 2.75) is 11.8 Å². The van der Waals surface area contributed by atoms with Crippen LogP contribution in [-0.2, 0) is 10.0 Å². The van der Waals surface area contributed by atoms with Gasteiger partial charge in [0.1, 0.15) is 5.82 Å². The van der Waals surface area contributed by atoms with E-state index in [1.54, 1.807) is 17.5 Å². The molecule has 6 nitrogen and oxygen atoms in total. The second kappa shape index (κ2) is 8.89. The van der Waals surface area contributed by atoms with Gasteiger partial charge in [0.05, 0.1) is 16.3 Å². The standard InChI is InChI=1S/C23H18FN3O3S2/c1-15-6-8-16(9-7-15)21-14-31-23(25-21)26-22(28)19-4-2-3-5-20(19)27-32(29,30)18-12-10-17(24)11-13-18/h2-14,27H,1H3,(H,25,26,28)/p-1. The maximum Gasteiger partial charge on any atom is 0.261 e. The smallest absolute Gasteiger partial charge is 0.261 e. The number of nitrogens with zero attached hydrogens (tertiary/aromatic N) is 2. The minimum atomic E-state index is -4.02. The van der Waals surface area contributed by atoms with E-state index >= 15 is 0 Å². The maximum atomic E-state index is 13.1. The highest BCUT2D eigenvalue weighted by molar-refractivity contribution is 7.92. The molecule has 3 aromatic carbocycles. The van der Waals surface area contributed by atoms with E-state index in [0.717, 1.165) is 35.4 Å². The first kappa shape index (κ1) is 21.7. The van der Waals surface area contributed by atoms with Crippen LogP contribution in [0.3, 0.4) is 0 Å². The Morgan fingerprint density at radius 2 is 1.72 bits per heavy atom. The van der Waals surface area contributed by atoms with Gasteiger partial charge in [-0.05, 0) is 43.2 Å². The van der Waals surface area contributed by atoms with Crippen LogP contribution in [0.2, 0.25) is 0 Å². The van der Waals surface area contributed by atoms with Crippen molar-refractivity contribution in [1.82, 2.24) is 4.98 Å². The van der Waals surface area contributed by atoms with Crippen LogP contribution in [-0.4, -0.2) is 19.3 Å². The second-order valence-corrected chi connectivity index (χ2v) is 9.42. The minimum absolute atomic E-state index is 0.0703. The summed E-state index contributed by atoms with van der Waals surface area (Å²) in [6, 6.07) is 18.4. The van der Waals surface area contributed by atoms with Crippen molar-refractivity contribution in [3.05, 3.63) is 95.1 Å². The van der Waals surface area contributed by atoms with E-state index in [1.165, 1.54) is 23.5 Å². The monoisotopic (exact) mass is 466 g/mol. The van der Waals surface area contributed by atoms with Crippen molar-refractivity contribution in [3.8, 4) is 11.3 Å². The first-order valence-electron chi connectivity index (χ1n) is 9.48. The zero-order valence-electron chi connectivity index (χ0n) is 16.8. The molecule has 0 saturated carbocycles. The number of nitrogens with one attached hydrogen (secondary N) is 1. The van der Waals surface area contributed by atoms with Crippen LogP contribution in [0.1, 0.15) is 11.1 Å². The van der Waals surface area contributed by atoms with Gasteiger partial charge in [0.15, 0.2) is 0 Å². The van der Waals surface area contributed by atoms with Crippen LogP contribution in [0, 0.1) is 12.7 Å². The molecule has 0 bridgehead atoms. The zero-order chi connectivity index (χ0) is 22.7. The highest BCUT2D eigenvalue weighted by atomic mass is 32.2. The van der Waals surface area contributed by atoms with Crippen molar-refractivity contribution >= 4 is 38.1 Å². The molecule has 32 heavy (non-hydrogen) atoms. The van der Waals surface area contributed by atoms with Gasteiger partial charge in [0.2, 0.25) is 5.13 Å². The van der Waals surface area contributed by atoms with Gasteiger partial charge in [-0.25, -0.2) is 22.8 Å². The fraction of sp³-hybridized carbons (Fsp3) is 0.0435. The number of halogens is 1. The third kappa shape index (κ3) is 4.84. The molecule has 0 aliphatic heterocycles. The summed E-state index contributed by atoms with van der Waals surface area (Å²) in [5.74, 6) is -1.18. The third-order valence-corrected chi connectivity index (χ3v) is 6.68. The summed E-state index contributed by atoms with van der Waals surface area (Å²) < 4.78 is 40.8. The number of rotatable bonds is 6. The Bertz CT molecular complexity index is 1380. The number of aromatic nitrogens is 1. The van der Waals surface area contributed by atoms with E-state index in [9.17, 15) is 17.9 Å². The Hall–Kier alpha value is -3.56. The number of thiazole rings is 1. The van der Waals surface area contributed by atoms with E-state index in [2.05, 4.69) is 14.7 Å². The quantitative estimate of drug-likeness (QED) is 0.334. The molecule has 0 radical (unpaired) electrons. The molecule has 1 aromatic heterocycles. The fourth-order valence-corrected chi connectivity index (χ4v) is 4.67. The van der Waals surface area contributed by atoms with Crippen LogP contribution in [0.5, 0.6) is 0 Å². The molecule has 4 rings (SSSR count). The van der Waals surface area contributed by atoms with Gasteiger partial charge in [-0.3, -0.25) is 4.72 Å². The summed E-state index contributed by atoms with van der Waals surface area (Å²) in [6.45, 7) is 1.99. The van der Waals surface area contributed by atoms with Crippen LogP contribution >= 0.6 is 11.3 Å². The lowest BCUT2D eigenvalue weighted by Gasteiger charge is -2.16. The highest BCUT2D eigenvalue weighted by Crippen LogP contribution is 2.28. The predicted molar refractivity (Wildman–Crippen MR) is 122 cm³/mol. The normalized spacial score (nSPS) is 12.0. The maximum absolute atomic E-state index is 13.1. The summed E-state index contributed by atoms with van der Waals surface area (Å²) in [5.41, 5.74) is 2.88. The first-order chi connectivity index (χ1) is 15.3. The fourth-order valence-electron chi connectivity index (χ4n) is 2.90. The average Bonchev–Trinajstić information content (AvgIpc) is 3.23. The molecule has 162 valence electrons. The Morgan fingerprint density at radius 3 is 2.44 bits per heavy atom. The summed E-state index contributed by atoms with van der Waals surface area (Å²) >= 11 is 1.22. The minimum Gasteiger partial charge on any atom is -0.858 e. The number of sulfonamides is 1. The van der Waals surface area contributed by atoms with Gasteiger partial charge in [-0.1, -0.05) is 48.0 Å². The molecule has 0 aliphatic rings. The highest BCUT2D eigenvalue weighted by Gasteiger charge is 2.16. The van der Waals surface area contributed by atoms with E-state index in [-0.39, 0.29) is 21.3 Å². The summed E-state index contributed by atoms with van der Waals surface area (Å²) in [4.78, 5) is 8.32. The van der Waals surface area contributed by atoms with Gasteiger partial charge in [-0.2, -0.15) is 0 Å². The summed E-state index contributed by atoms with van der Waals surface area (Å²) in [5, 5.41) is 14.9. The Kier molecular flexibility index (Phi) is 6.02. The number of anilines is 1. The summed E-state index contributed by atoms with van der Waals surface area (Å²) in [7, 11) is -4.02. The predicted octanol–water partition coefficient (Wildman–Crippen LogP) is 4.50. The van der Waals surface area contributed by atoms with E-state index < -0.39 is 21.7 Å². The van der Waals surface area contributed by atoms with Crippen LogP contribution in [0.4, 0.5) is 15.2 Å². The van der Waals surface area contributed by atoms with Crippen LogP contribution in [0.25, 0.3) is 11.3 Å². The molecule has 0 unspecified atom stereocenters. The lowest BCUT2D eigenvalue weighted by molar-refractivity contribution is -0.212. The number of aryl methyl sites for hydroxylation is 1. The molecule has 9 heteroatoms. The Morgan fingerprint density at radius 1 is 1.03 bits per heavy atom. The summed E-state index contributed by atoms with van der Waals surface area (Å²) in [6.07, 6.45) is 0. The zero-order valence-corrected chi connectivity index (χ0v) is 18.5. The third-order valence-electron chi connectivity index (χ3n) is 4.56. The number of hydrogen-bond acceptors (Lipinski definition) is 6. The van der Waals surface area contributed by atoms with E-state index in [0.29, 0.717) is 5.69 Å². The molecule has 0 aliphatic carbocycles. The average molecular weight is 467 g/mol. The van der Waals surface area contributed by atoms with Gasteiger partial charge in [0.25, 0.3) is 10.0 Å². The van der Waals surface area contributed by atoms with Crippen molar-refractivity contribution in [1.29, 1.82) is 0 Å². The van der Waals surface area contributed by atoms with E-state index in [4.69, 9.17) is 0 Å². The van der Waals surface area contributed by atoms with Crippen LogP contribution in [0.15, 0.2) is 88.1 Å². The number of benzene rings is 3. The molecule has 0 amide bonds. The van der Waals surface area contributed by atoms with Crippen LogP contribution < -0.4 is 9.83 Å². The van der Waals surface area contributed by atoms with Crippen molar-refractivity contribution in [2.75, 3.05) is 4.72 Å². The lowest BCUT2D eigenvalue weighted by atomic mass is 10.1. The molecule has 0 spiro atoms. The molecular formula is C23H17FN3O3S2-. The van der Waals surface area contributed by atoms with Crippen molar-refractivity contribution in [3.63, 3.8) is 0 Å². The molecule has 0 saturated heterocycles. The van der Waals surface area contributed by atoms with Gasteiger partial charge in [0, 0.05) is 16.5 Å². The van der Waals surface area contributed by atoms with Gasteiger partial charge < -0.3 is 5.11 Å². The molecule has 1 N–H and O–H groups in total. The first-order valence-corrected chi connectivity index (χ1v) is 11.8. The largest absolute Gasteiger partial charge is 0.858 e. The van der Waals surface area contributed by atoms with E-state index in [1.807, 2.05) is 31.2 Å².